The number of aryl methyl sites for hydroxylation is 4. The van der Waals surface area contributed by atoms with Gasteiger partial charge in [0.1, 0.15) is 0 Å². The lowest BCUT2D eigenvalue weighted by Crippen LogP contribution is -2.02. The van der Waals surface area contributed by atoms with E-state index in [0.29, 0.717) is 34.9 Å². The molecule has 0 fully saturated rings. The van der Waals surface area contributed by atoms with Crippen LogP contribution in [0.15, 0.2) is 194 Å². The Bertz CT molecular complexity index is 3260. The predicted molar refractivity (Wildman–Crippen MR) is 271 cm³/mol. The molecule has 0 aliphatic carbocycles. The van der Waals surface area contributed by atoms with E-state index in [9.17, 15) is 0 Å². The van der Waals surface area contributed by atoms with E-state index in [2.05, 4.69) is 173 Å². The van der Waals surface area contributed by atoms with Crippen molar-refractivity contribution in [2.24, 2.45) is 0 Å². The molecule has 0 saturated heterocycles. The van der Waals surface area contributed by atoms with E-state index in [0.717, 1.165) is 77.9 Å². The van der Waals surface area contributed by atoms with Crippen LogP contribution in [0.3, 0.4) is 0 Å². The van der Waals surface area contributed by atoms with Crippen molar-refractivity contribution < 1.29 is 0 Å². The maximum atomic E-state index is 5.10. The lowest BCUT2D eigenvalue weighted by Gasteiger charge is -2.19. The van der Waals surface area contributed by atoms with Crippen LogP contribution >= 0.6 is 0 Å². The van der Waals surface area contributed by atoms with E-state index >= 15 is 0 Å². The number of aromatic nitrogens is 6. The van der Waals surface area contributed by atoms with Gasteiger partial charge in [-0.15, -0.1) is 0 Å². The Balaban J connectivity index is 1.05. The summed E-state index contributed by atoms with van der Waals surface area (Å²) < 4.78 is 0. The van der Waals surface area contributed by atoms with E-state index in [1.165, 1.54) is 21.5 Å². The quantitative estimate of drug-likeness (QED) is 0.142. The minimum atomic E-state index is 0.627. The van der Waals surface area contributed by atoms with Crippen LogP contribution in [-0.2, 0) is 0 Å². The fourth-order valence-corrected chi connectivity index (χ4v) is 9.10. The third-order valence-electron chi connectivity index (χ3n) is 12.6. The molecule has 0 radical (unpaired) electrons. The molecule has 6 heteroatoms. The molecule has 2 heterocycles. The number of hydrogen-bond acceptors (Lipinski definition) is 6. The standard InChI is InChI=1S/C60H44N6/c1-37-17-5-9-21-45(37)57-61-55(62-58(65-57)46-22-10-6-18-38(46)2)43-33-29-41(30-34-43)53-51-27-15-13-25-49(51)50-26-14-16-28-52(50)54(53)42-31-35-44(36-32-42)56-63-59(47-23-11-7-19-39(47)3)66-60(64-56)48-24-12-8-20-40(48)4/h5-36H,1-4H3. The van der Waals surface area contributed by atoms with Crippen LogP contribution in [0.1, 0.15) is 22.3 Å². The van der Waals surface area contributed by atoms with Crippen LogP contribution in [0.5, 0.6) is 0 Å². The second-order valence-corrected chi connectivity index (χ2v) is 16.9. The Morgan fingerprint density at radius 2 is 0.439 bits per heavy atom. The van der Waals surface area contributed by atoms with Crippen LogP contribution in [0.4, 0.5) is 0 Å². The van der Waals surface area contributed by atoms with Crippen LogP contribution in [0, 0.1) is 27.7 Å². The van der Waals surface area contributed by atoms with Gasteiger partial charge in [-0.25, -0.2) is 29.9 Å². The van der Waals surface area contributed by atoms with Crippen molar-refractivity contribution in [3.05, 3.63) is 216 Å². The Kier molecular flexibility index (Phi) is 10.3. The molecular weight excluding hydrogens is 805 g/mol. The first-order chi connectivity index (χ1) is 32.4. The normalized spacial score (nSPS) is 11.3. The molecule has 6 nitrogen and oxygen atoms in total. The van der Waals surface area contributed by atoms with E-state index < -0.39 is 0 Å². The third-order valence-corrected chi connectivity index (χ3v) is 12.6. The molecule has 66 heavy (non-hydrogen) atoms. The minimum absolute atomic E-state index is 0.627. The summed E-state index contributed by atoms with van der Waals surface area (Å²) in [4.78, 5) is 30.5. The monoisotopic (exact) mass is 848 g/mol. The molecule has 314 valence electrons. The van der Waals surface area contributed by atoms with Gasteiger partial charge in [-0.2, -0.15) is 0 Å². The van der Waals surface area contributed by atoms with Gasteiger partial charge in [0.25, 0.3) is 0 Å². The zero-order chi connectivity index (χ0) is 44.7. The van der Waals surface area contributed by atoms with Crippen LogP contribution in [0.2, 0.25) is 0 Å². The highest BCUT2D eigenvalue weighted by atomic mass is 15.0. The molecule has 0 spiro atoms. The summed E-state index contributed by atoms with van der Waals surface area (Å²) >= 11 is 0. The lowest BCUT2D eigenvalue weighted by atomic mass is 9.84. The highest BCUT2D eigenvalue weighted by molar-refractivity contribution is 6.21. The second kappa shape index (κ2) is 16.9. The van der Waals surface area contributed by atoms with Gasteiger partial charge in [0.15, 0.2) is 34.9 Å². The first kappa shape index (κ1) is 40.3. The molecule has 0 bridgehead atoms. The topological polar surface area (TPSA) is 77.3 Å². The Morgan fingerprint density at radius 3 is 0.727 bits per heavy atom. The molecule has 2 aromatic heterocycles. The Labute approximate surface area is 384 Å². The first-order valence-electron chi connectivity index (χ1n) is 22.3. The fraction of sp³-hybridized carbons (Fsp3) is 0.0667. The minimum Gasteiger partial charge on any atom is -0.208 e. The molecule has 0 atom stereocenters. The summed E-state index contributed by atoms with van der Waals surface area (Å²) in [6.45, 7) is 8.38. The maximum Gasteiger partial charge on any atom is 0.164 e. The van der Waals surface area contributed by atoms with Crippen molar-refractivity contribution in [2.75, 3.05) is 0 Å². The molecule has 0 aliphatic rings. The van der Waals surface area contributed by atoms with Gasteiger partial charge < -0.3 is 0 Å². The largest absolute Gasteiger partial charge is 0.208 e. The number of benzene rings is 9. The van der Waals surface area contributed by atoms with Crippen molar-refractivity contribution in [1.82, 2.24) is 29.9 Å². The van der Waals surface area contributed by atoms with Crippen molar-refractivity contribution >= 4 is 21.5 Å². The third kappa shape index (κ3) is 7.38. The molecule has 0 amide bonds. The summed E-state index contributed by atoms with van der Waals surface area (Å²) in [7, 11) is 0. The van der Waals surface area contributed by atoms with Crippen molar-refractivity contribution in [2.45, 2.75) is 27.7 Å². The zero-order valence-corrected chi connectivity index (χ0v) is 37.2. The molecule has 9 aromatic carbocycles. The summed E-state index contributed by atoms with van der Waals surface area (Å²) in [5, 5.41) is 4.76. The van der Waals surface area contributed by atoms with E-state index in [-0.39, 0.29) is 0 Å². The molecule has 0 unspecified atom stereocenters. The zero-order valence-electron chi connectivity index (χ0n) is 37.2. The van der Waals surface area contributed by atoms with Crippen molar-refractivity contribution in [3.8, 4) is 90.6 Å². The molecule has 0 N–H and O–H groups in total. The van der Waals surface area contributed by atoms with Gasteiger partial charge in [-0.05, 0) is 93.7 Å². The van der Waals surface area contributed by atoms with Gasteiger partial charge in [-0.3, -0.25) is 0 Å². The SMILES string of the molecule is Cc1ccccc1-c1nc(-c2ccc(-c3c(-c4ccc(-c5nc(-c6ccccc6C)nc(-c6ccccc6C)n5)cc4)c4ccccc4c4ccccc34)cc2)nc(-c2ccccc2C)n1. The van der Waals surface area contributed by atoms with E-state index in [1.54, 1.807) is 0 Å². The fourth-order valence-electron chi connectivity index (χ4n) is 9.10. The van der Waals surface area contributed by atoms with Crippen molar-refractivity contribution in [3.63, 3.8) is 0 Å². The predicted octanol–water partition coefficient (Wildman–Crippen LogP) is 14.9. The highest BCUT2D eigenvalue weighted by Gasteiger charge is 2.21. The Hall–Kier alpha value is -8.48. The Morgan fingerprint density at radius 1 is 0.212 bits per heavy atom. The van der Waals surface area contributed by atoms with Crippen molar-refractivity contribution in [1.29, 1.82) is 0 Å². The second-order valence-electron chi connectivity index (χ2n) is 16.9. The van der Waals surface area contributed by atoms with Gasteiger partial charge in [0, 0.05) is 33.4 Å². The van der Waals surface area contributed by atoms with Gasteiger partial charge >= 0.3 is 0 Å². The van der Waals surface area contributed by atoms with Crippen LogP contribution in [-0.4, -0.2) is 29.9 Å². The van der Waals surface area contributed by atoms with Crippen LogP contribution < -0.4 is 0 Å². The first-order valence-corrected chi connectivity index (χ1v) is 22.3. The number of nitrogens with zero attached hydrogens (tertiary/aromatic N) is 6. The number of rotatable bonds is 8. The summed E-state index contributed by atoms with van der Waals surface area (Å²) in [6, 6.07) is 67.8. The van der Waals surface area contributed by atoms with Gasteiger partial charge in [0.2, 0.25) is 0 Å². The van der Waals surface area contributed by atoms with E-state index in [1.807, 2.05) is 48.5 Å². The number of hydrogen-bond donors (Lipinski definition) is 0. The highest BCUT2D eigenvalue weighted by Crippen LogP contribution is 2.45. The summed E-state index contributed by atoms with van der Waals surface area (Å²) in [6.07, 6.45) is 0. The number of fused-ring (bicyclic) bond motifs is 3. The molecule has 0 aliphatic heterocycles. The van der Waals surface area contributed by atoms with Gasteiger partial charge in [0.05, 0.1) is 0 Å². The average molecular weight is 849 g/mol. The molecular formula is C60H44N6. The summed E-state index contributed by atoms with van der Waals surface area (Å²) in [5.41, 5.74) is 14.7. The summed E-state index contributed by atoms with van der Waals surface area (Å²) in [5.74, 6) is 3.87. The maximum absolute atomic E-state index is 5.10. The van der Waals surface area contributed by atoms with E-state index in [4.69, 9.17) is 29.9 Å². The average Bonchev–Trinajstić information content (AvgIpc) is 3.36. The molecule has 11 aromatic rings. The molecule has 11 rings (SSSR count). The van der Waals surface area contributed by atoms with Crippen LogP contribution in [0.25, 0.3) is 112 Å². The van der Waals surface area contributed by atoms with Gasteiger partial charge in [-0.1, -0.05) is 194 Å². The smallest absolute Gasteiger partial charge is 0.164 e. The lowest BCUT2D eigenvalue weighted by molar-refractivity contribution is 1.07. The molecule has 0 saturated carbocycles.